The van der Waals surface area contributed by atoms with Crippen LogP contribution in [0.5, 0.6) is 5.75 Å². The summed E-state index contributed by atoms with van der Waals surface area (Å²) >= 11 is 2.50. The fraction of sp³-hybridized carbons (Fsp3) is 0.538. The first-order chi connectivity index (χ1) is 6.82. The van der Waals surface area contributed by atoms with Gasteiger partial charge < -0.3 is 5.11 Å². The molecule has 1 rings (SSSR count). The Morgan fingerprint density at radius 3 is 1.93 bits per heavy atom. The molecular formula is C13H19IO. The Morgan fingerprint density at radius 1 is 1.13 bits per heavy atom. The minimum absolute atomic E-state index is 0.225. The van der Waals surface area contributed by atoms with Crippen molar-refractivity contribution < 1.29 is 5.11 Å². The maximum absolute atomic E-state index is 9.28. The molecule has 1 aromatic rings. The predicted octanol–water partition coefficient (Wildman–Crippen LogP) is 4.35. The number of aromatic hydroxyl groups is 1. The minimum Gasteiger partial charge on any atom is -0.508 e. The summed E-state index contributed by atoms with van der Waals surface area (Å²) in [4.78, 5) is 0. The molecule has 0 saturated carbocycles. The van der Waals surface area contributed by atoms with Crippen LogP contribution in [0.15, 0.2) is 24.3 Å². The number of halogens is 1. The lowest BCUT2D eigenvalue weighted by Gasteiger charge is -2.32. The van der Waals surface area contributed by atoms with Crippen LogP contribution in [-0.4, -0.2) is 8.53 Å². The van der Waals surface area contributed by atoms with Gasteiger partial charge in [-0.3, -0.25) is 0 Å². The van der Waals surface area contributed by atoms with E-state index in [4.69, 9.17) is 0 Å². The van der Waals surface area contributed by atoms with Crippen LogP contribution >= 0.6 is 22.6 Å². The summed E-state index contributed by atoms with van der Waals surface area (Å²) in [5, 5.41) is 9.28. The Balaban J connectivity index is 3.05. The van der Waals surface area contributed by atoms with Crippen LogP contribution in [0.25, 0.3) is 0 Å². The van der Waals surface area contributed by atoms with Crippen LogP contribution in [-0.2, 0) is 0 Å². The quantitative estimate of drug-likeness (QED) is 0.649. The average molecular weight is 318 g/mol. The lowest BCUT2D eigenvalue weighted by atomic mass is 9.80. The highest BCUT2D eigenvalue weighted by Gasteiger charge is 2.30. The molecule has 0 bridgehead atoms. The highest BCUT2D eigenvalue weighted by Crippen LogP contribution is 2.41. The maximum Gasteiger partial charge on any atom is 0.115 e. The molecule has 0 aliphatic rings. The Hall–Kier alpha value is -0.250. The van der Waals surface area contributed by atoms with E-state index in [-0.39, 0.29) is 3.42 Å². The van der Waals surface area contributed by atoms with Crippen molar-refractivity contribution in [2.45, 2.75) is 37.0 Å². The summed E-state index contributed by atoms with van der Waals surface area (Å²) in [5.41, 5.74) is 1.31. The zero-order valence-corrected chi connectivity index (χ0v) is 11.9. The molecule has 0 aliphatic heterocycles. The minimum atomic E-state index is 0.225. The Kier molecular flexibility index (Phi) is 4.04. The SMILES string of the molecule is CC(C)C(c1ccc(O)cc1)C(C)(C)I. The Bertz CT molecular complexity index is 308. The second-order valence-electron chi connectivity index (χ2n) is 4.88. The second kappa shape index (κ2) is 4.73. The molecule has 0 aromatic heterocycles. The van der Waals surface area contributed by atoms with Gasteiger partial charge in [-0.2, -0.15) is 0 Å². The van der Waals surface area contributed by atoms with Gasteiger partial charge in [0.25, 0.3) is 0 Å². The van der Waals surface area contributed by atoms with Crippen molar-refractivity contribution in [3.63, 3.8) is 0 Å². The van der Waals surface area contributed by atoms with Crippen LogP contribution in [0, 0.1) is 5.92 Å². The zero-order valence-electron chi connectivity index (χ0n) is 9.79. The molecule has 0 aliphatic carbocycles. The topological polar surface area (TPSA) is 20.2 Å². The van der Waals surface area contributed by atoms with Crippen LogP contribution in [0.3, 0.4) is 0 Å². The largest absolute Gasteiger partial charge is 0.508 e. The molecular weight excluding hydrogens is 299 g/mol. The van der Waals surface area contributed by atoms with E-state index in [1.165, 1.54) is 5.56 Å². The van der Waals surface area contributed by atoms with Gasteiger partial charge >= 0.3 is 0 Å². The van der Waals surface area contributed by atoms with Crippen molar-refractivity contribution in [1.82, 2.24) is 0 Å². The van der Waals surface area contributed by atoms with Crippen molar-refractivity contribution in [2.75, 3.05) is 0 Å². The first kappa shape index (κ1) is 12.8. The van der Waals surface area contributed by atoms with Crippen molar-refractivity contribution in [3.8, 4) is 5.75 Å². The van der Waals surface area contributed by atoms with E-state index in [0.717, 1.165) is 0 Å². The molecule has 0 heterocycles. The van der Waals surface area contributed by atoms with Crippen LogP contribution in [0.2, 0.25) is 0 Å². The molecule has 0 saturated heterocycles. The fourth-order valence-corrected chi connectivity index (χ4v) is 3.33. The summed E-state index contributed by atoms with van der Waals surface area (Å²) < 4.78 is 0.225. The van der Waals surface area contributed by atoms with Gasteiger partial charge in [-0.25, -0.2) is 0 Å². The van der Waals surface area contributed by atoms with Crippen LogP contribution in [0.4, 0.5) is 0 Å². The molecule has 1 N–H and O–H groups in total. The monoisotopic (exact) mass is 318 g/mol. The van der Waals surface area contributed by atoms with E-state index in [2.05, 4.69) is 50.3 Å². The summed E-state index contributed by atoms with van der Waals surface area (Å²) in [7, 11) is 0. The molecule has 2 heteroatoms. The first-order valence-corrected chi connectivity index (χ1v) is 6.38. The number of phenolic OH excluding ortho intramolecular Hbond substituents is 1. The molecule has 0 fully saturated rings. The Labute approximate surface area is 106 Å². The van der Waals surface area contributed by atoms with E-state index in [1.807, 2.05) is 12.1 Å². The summed E-state index contributed by atoms with van der Waals surface area (Å²) in [5.74, 6) is 1.45. The lowest BCUT2D eigenvalue weighted by molar-refractivity contribution is 0.432. The third-order valence-electron chi connectivity index (χ3n) is 2.66. The molecule has 15 heavy (non-hydrogen) atoms. The van der Waals surface area contributed by atoms with Gasteiger partial charge in [0.15, 0.2) is 0 Å². The third kappa shape index (κ3) is 3.37. The van der Waals surface area contributed by atoms with E-state index in [0.29, 0.717) is 17.6 Å². The van der Waals surface area contributed by atoms with Crippen molar-refractivity contribution in [3.05, 3.63) is 29.8 Å². The normalized spacial score (nSPS) is 14.3. The molecule has 1 nitrogen and oxygen atoms in total. The number of alkyl halides is 1. The van der Waals surface area contributed by atoms with Gasteiger partial charge in [0.05, 0.1) is 0 Å². The lowest BCUT2D eigenvalue weighted by Crippen LogP contribution is -2.26. The number of benzene rings is 1. The zero-order chi connectivity index (χ0) is 11.6. The number of hydrogen-bond acceptors (Lipinski definition) is 1. The van der Waals surface area contributed by atoms with Gasteiger partial charge in [-0.05, 0) is 23.6 Å². The summed E-state index contributed by atoms with van der Waals surface area (Å²) in [6, 6.07) is 7.60. The first-order valence-electron chi connectivity index (χ1n) is 5.30. The third-order valence-corrected chi connectivity index (χ3v) is 3.33. The number of rotatable bonds is 3. The average Bonchev–Trinajstić information content (AvgIpc) is 2.05. The molecule has 0 radical (unpaired) electrons. The van der Waals surface area contributed by atoms with E-state index in [9.17, 15) is 5.11 Å². The van der Waals surface area contributed by atoms with Gasteiger partial charge in [-0.1, -0.05) is 62.4 Å². The van der Waals surface area contributed by atoms with Crippen LogP contribution < -0.4 is 0 Å². The fourth-order valence-electron chi connectivity index (χ4n) is 2.26. The number of phenols is 1. The highest BCUT2D eigenvalue weighted by atomic mass is 127. The molecule has 0 spiro atoms. The van der Waals surface area contributed by atoms with E-state index >= 15 is 0 Å². The molecule has 1 unspecified atom stereocenters. The summed E-state index contributed by atoms with van der Waals surface area (Å²) in [6.07, 6.45) is 0. The molecule has 1 aromatic carbocycles. The van der Waals surface area contributed by atoms with E-state index in [1.54, 1.807) is 12.1 Å². The van der Waals surface area contributed by atoms with Gasteiger partial charge in [0.2, 0.25) is 0 Å². The highest BCUT2D eigenvalue weighted by molar-refractivity contribution is 14.1. The number of hydrogen-bond donors (Lipinski definition) is 1. The molecule has 84 valence electrons. The van der Waals surface area contributed by atoms with Crippen molar-refractivity contribution >= 4 is 22.6 Å². The van der Waals surface area contributed by atoms with E-state index < -0.39 is 0 Å². The van der Waals surface area contributed by atoms with Crippen molar-refractivity contribution in [2.24, 2.45) is 5.92 Å². The van der Waals surface area contributed by atoms with Crippen molar-refractivity contribution in [1.29, 1.82) is 0 Å². The second-order valence-corrected chi connectivity index (χ2v) is 7.66. The predicted molar refractivity (Wildman–Crippen MR) is 73.8 cm³/mol. The van der Waals surface area contributed by atoms with Gasteiger partial charge in [-0.15, -0.1) is 0 Å². The Morgan fingerprint density at radius 2 is 1.60 bits per heavy atom. The maximum atomic E-state index is 9.28. The smallest absolute Gasteiger partial charge is 0.115 e. The van der Waals surface area contributed by atoms with Gasteiger partial charge in [0, 0.05) is 9.34 Å². The summed E-state index contributed by atoms with van der Waals surface area (Å²) in [6.45, 7) is 9.01. The molecule has 1 atom stereocenters. The standard InChI is InChI=1S/C13H19IO/c1-9(2)12(13(3,4)14)10-5-7-11(15)8-6-10/h5-9,12,15H,1-4H3. The van der Waals surface area contributed by atoms with Crippen LogP contribution in [0.1, 0.15) is 39.2 Å². The molecule has 0 amide bonds. The van der Waals surface area contributed by atoms with Gasteiger partial charge in [0.1, 0.15) is 5.75 Å².